The molecule has 0 spiro atoms. The van der Waals surface area contributed by atoms with Crippen molar-refractivity contribution in [1.82, 2.24) is 10.2 Å². The van der Waals surface area contributed by atoms with Gasteiger partial charge in [0.25, 0.3) is 0 Å². The van der Waals surface area contributed by atoms with E-state index in [-0.39, 0.29) is 30.9 Å². The maximum absolute atomic E-state index is 11.9. The monoisotopic (exact) mass is 302 g/mol. The van der Waals surface area contributed by atoms with Gasteiger partial charge in [-0.05, 0) is 12.8 Å². The molecule has 0 aromatic heterocycles. The largest absolute Gasteiger partial charge is 0.469 e. The second-order valence-corrected chi connectivity index (χ2v) is 5.04. The van der Waals surface area contributed by atoms with E-state index in [1.54, 1.807) is 7.11 Å². The quantitative estimate of drug-likeness (QED) is 0.444. The average Bonchev–Trinajstić information content (AvgIpc) is 2.97. The summed E-state index contributed by atoms with van der Waals surface area (Å²) in [5.41, 5.74) is 0. The molecule has 1 aliphatic rings. The zero-order valence-corrected chi connectivity index (χ0v) is 12.9. The van der Waals surface area contributed by atoms with Crippen molar-refractivity contribution >= 4 is 11.9 Å². The minimum atomic E-state index is -0.271. The second kappa shape index (κ2) is 10.5. The van der Waals surface area contributed by atoms with Crippen LogP contribution in [0, 0.1) is 0 Å². The van der Waals surface area contributed by atoms with Crippen LogP contribution in [0.4, 0.5) is 0 Å². The van der Waals surface area contributed by atoms with Gasteiger partial charge in [0.15, 0.2) is 0 Å². The summed E-state index contributed by atoms with van der Waals surface area (Å²) in [7, 11) is 2.95. The number of rotatable bonds is 10. The zero-order chi connectivity index (χ0) is 15.5. The van der Waals surface area contributed by atoms with Gasteiger partial charge in [-0.1, -0.05) is 0 Å². The van der Waals surface area contributed by atoms with Gasteiger partial charge in [-0.2, -0.15) is 0 Å². The Morgan fingerprint density at radius 3 is 2.81 bits per heavy atom. The van der Waals surface area contributed by atoms with Gasteiger partial charge in [0, 0.05) is 33.4 Å². The van der Waals surface area contributed by atoms with Crippen molar-refractivity contribution in [2.24, 2.45) is 0 Å². The van der Waals surface area contributed by atoms with Crippen LogP contribution in [0.1, 0.15) is 19.3 Å². The van der Waals surface area contributed by atoms with Crippen LogP contribution in [0.5, 0.6) is 0 Å². The third-order valence-electron chi connectivity index (χ3n) is 3.34. The molecule has 7 nitrogen and oxygen atoms in total. The molecule has 0 bridgehead atoms. The number of nitrogens with zero attached hydrogens (tertiary/aromatic N) is 1. The average molecular weight is 302 g/mol. The molecule has 122 valence electrons. The number of esters is 1. The summed E-state index contributed by atoms with van der Waals surface area (Å²) in [5, 5.41) is 2.78. The highest BCUT2D eigenvalue weighted by Gasteiger charge is 2.21. The van der Waals surface area contributed by atoms with Gasteiger partial charge >= 0.3 is 5.97 Å². The van der Waals surface area contributed by atoms with E-state index in [2.05, 4.69) is 10.1 Å². The van der Waals surface area contributed by atoms with Crippen LogP contribution in [-0.4, -0.2) is 76.5 Å². The summed E-state index contributed by atoms with van der Waals surface area (Å²) in [6.07, 6.45) is 2.47. The Morgan fingerprint density at radius 1 is 1.38 bits per heavy atom. The lowest BCUT2D eigenvalue weighted by Gasteiger charge is -2.24. The smallest absolute Gasteiger partial charge is 0.306 e. The summed E-state index contributed by atoms with van der Waals surface area (Å²) >= 11 is 0. The number of nitrogens with one attached hydrogen (secondary N) is 1. The SMILES string of the molecule is COCCNC(=O)CN(CCC(=O)OC)CC1CCCO1. The molecule has 1 N–H and O–H groups in total. The summed E-state index contributed by atoms with van der Waals surface area (Å²) in [5.74, 6) is -0.345. The van der Waals surface area contributed by atoms with Crippen LogP contribution in [-0.2, 0) is 23.8 Å². The molecule has 21 heavy (non-hydrogen) atoms. The van der Waals surface area contributed by atoms with E-state index >= 15 is 0 Å². The highest BCUT2D eigenvalue weighted by molar-refractivity contribution is 5.78. The van der Waals surface area contributed by atoms with E-state index in [4.69, 9.17) is 9.47 Å². The van der Waals surface area contributed by atoms with Crippen molar-refractivity contribution in [3.05, 3.63) is 0 Å². The van der Waals surface area contributed by atoms with E-state index in [0.717, 1.165) is 19.4 Å². The Bertz CT molecular complexity index is 318. The Labute approximate surface area is 125 Å². The Balaban J connectivity index is 2.37. The van der Waals surface area contributed by atoms with Gasteiger partial charge < -0.3 is 19.5 Å². The Morgan fingerprint density at radius 2 is 2.19 bits per heavy atom. The normalized spacial score (nSPS) is 18.0. The van der Waals surface area contributed by atoms with Crippen LogP contribution in [0.2, 0.25) is 0 Å². The van der Waals surface area contributed by atoms with Crippen LogP contribution in [0.25, 0.3) is 0 Å². The molecule has 1 unspecified atom stereocenters. The van der Waals surface area contributed by atoms with Gasteiger partial charge in [0.2, 0.25) is 5.91 Å². The van der Waals surface area contributed by atoms with E-state index in [0.29, 0.717) is 26.2 Å². The third kappa shape index (κ3) is 7.99. The van der Waals surface area contributed by atoms with Crippen molar-refractivity contribution in [1.29, 1.82) is 0 Å². The molecule has 1 heterocycles. The molecule has 1 aliphatic heterocycles. The van der Waals surface area contributed by atoms with Crippen molar-refractivity contribution in [2.45, 2.75) is 25.4 Å². The lowest BCUT2D eigenvalue weighted by molar-refractivity contribution is -0.141. The standard InChI is InChI=1S/C14H26N2O5/c1-19-9-6-15-13(17)11-16(7-5-14(18)20-2)10-12-4-3-8-21-12/h12H,3-11H2,1-2H3,(H,15,17). The van der Waals surface area contributed by atoms with Crippen LogP contribution >= 0.6 is 0 Å². The molecule has 0 aliphatic carbocycles. The summed E-state index contributed by atoms with van der Waals surface area (Å²) in [4.78, 5) is 25.0. The maximum atomic E-state index is 11.9. The first-order valence-corrected chi connectivity index (χ1v) is 7.32. The topological polar surface area (TPSA) is 77.1 Å². The van der Waals surface area contributed by atoms with E-state index < -0.39 is 0 Å². The Hall–Kier alpha value is -1.18. The van der Waals surface area contributed by atoms with Gasteiger partial charge in [-0.25, -0.2) is 0 Å². The number of hydrogen-bond acceptors (Lipinski definition) is 6. The third-order valence-corrected chi connectivity index (χ3v) is 3.34. The van der Waals surface area contributed by atoms with Gasteiger partial charge in [-0.15, -0.1) is 0 Å². The van der Waals surface area contributed by atoms with Crippen LogP contribution in [0.3, 0.4) is 0 Å². The minimum Gasteiger partial charge on any atom is -0.469 e. The van der Waals surface area contributed by atoms with E-state index in [9.17, 15) is 9.59 Å². The molecule has 1 saturated heterocycles. The fraction of sp³-hybridized carbons (Fsp3) is 0.857. The van der Waals surface area contributed by atoms with Gasteiger partial charge in [-0.3, -0.25) is 14.5 Å². The summed E-state index contributed by atoms with van der Waals surface area (Å²) < 4.78 is 15.1. The molecule has 0 radical (unpaired) electrons. The lowest BCUT2D eigenvalue weighted by Crippen LogP contribution is -2.42. The molecule has 0 saturated carbocycles. The molecule has 0 aromatic carbocycles. The van der Waals surface area contributed by atoms with Crippen molar-refractivity contribution in [3.63, 3.8) is 0 Å². The lowest BCUT2D eigenvalue weighted by atomic mass is 10.2. The number of ether oxygens (including phenoxy) is 3. The van der Waals surface area contributed by atoms with Crippen molar-refractivity contribution in [2.75, 3.05) is 53.6 Å². The fourth-order valence-corrected chi connectivity index (χ4v) is 2.21. The number of carbonyl (C=O) groups excluding carboxylic acids is 2. The highest BCUT2D eigenvalue weighted by Crippen LogP contribution is 2.13. The predicted molar refractivity (Wildman–Crippen MR) is 76.9 cm³/mol. The first kappa shape index (κ1) is 17.9. The van der Waals surface area contributed by atoms with Gasteiger partial charge in [0.1, 0.15) is 0 Å². The number of amides is 1. The summed E-state index contributed by atoms with van der Waals surface area (Å²) in [6, 6.07) is 0. The Kier molecular flexibility index (Phi) is 8.96. The molecule has 7 heteroatoms. The number of hydrogen-bond donors (Lipinski definition) is 1. The maximum Gasteiger partial charge on any atom is 0.306 e. The first-order chi connectivity index (χ1) is 10.2. The van der Waals surface area contributed by atoms with Crippen molar-refractivity contribution in [3.8, 4) is 0 Å². The van der Waals surface area contributed by atoms with E-state index in [1.165, 1.54) is 7.11 Å². The highest BCUT2D eigenvalue weighted by atomic mass is 16.5. The number of methoxy groups -OCH3 is 2. The molecule has 0 aromatic rings. The zero-order valence-electron chi connectivity index (χ0n) is 12.9. The number of carbonyl (C=O) groups is 2. The molecule has 1 rings (SSSR count). The van der Waals surface area contributed by atoms with Crippen LogP contribution < -0.4 is 5.32 Å². The molecule has 1 atom stereocenters. The van der Waals surface area contributed by atoms with Gasteiger partial charge in [0.05, 0.1) is 32.8 Å². The predicted octanol–water partition coefficient (Wildman–Crippen LogP) is -0.207. The second-order valence-electron chi connectivity index (χ2n) is 5.04. The molecule has 1 amide bonds. The van der Waals surface area contributed by atoms with E-state index in [1.807, 2.05) is 4.90 Å². The van der Waals surface area contributed by atoms with Crippen LogP contribution in [0.15, 0.2) is 0 Å². The fourth-order valence-electron chi connectivity index (χ4n) is 2.21. The summed E-state index contributed by atoms with van der Waals surface area (Å²) in [6.45, 7) is 3.15. The molecule has 1 fully saturated rings. The minimum absolute atomic E-state index is 0.0742. The first-order valence-electron chi connectivity index (χ1n) is 7.32. The van der Waals surface area contributed by atoms with Crippen molar-refractivity contribution < 1.29 is 23.8 Å². The molecular formula is C14H26N2O5. The molecular weight excluding hydrogens is 276 g/mol.